The van der Waals surface area contributed by atoms with Crippen LogP contribution in [0.1, 0.15) is 34.9 Å². The maximum absolute atomic E-state index is 12.8. The van der Waals surface area contributed by atoms with Gasteiger partial charge in [-0.05, 0) is 37.0 Å². The molecular weight excluding hydrogens is 410 g/mol. The fourth-order valence-electron chi connectivity index (χ4n) is 3.47. The van der Waals surface area contributed by atoms with Crippen LogP contribution in [0, 0.1) is 13.8 Å². The summed E-state index contributed by atoms with van der Waals surface area (Å²) in [7, 11) is 0. The number of carbonyl (C=O) groups excluding carboxylic acids is 1. The van der Waals surface area contributed by atoms with E-state index in [1.807, 2.05) is 13.8 Å². The Balaban J connectivity index is 1.41. The molecule has 0 fully saturated rings. The van der Waals surface area contributed by atoms with Crippen molar-refractivity contribution in [3.63, 3.8) is 0 Å². The lowest BCUT2D eigenvalue weighted by atomic mass is 10.1. The van der Waals surface area contributed by atoms with Crippen LogP contribution in [-0.2, 0) is 24.3 Å². The van der Waals surface area contributed by atoms with Gasteiger partial charge in [0.25, 0.3) is 5.56 Å². The molecule has 4 rings (SSSR count). The Bertz CT molecular complexity index is 1280. The van der Waals surface area contributed by atoms with Gasteiger partial charge < -0.3 is 5.32 Å². The molecule has 160 valence electrons. The summed E-state index contributed by atoms with van der Waals surface area (Å²) in [4.78, 5) is 31.5. The summed E-state index contributed by atoms with van der Waals surface area (Å²) in [6.45, 7) is 6.89. The molecule has 4 aromatic rings. The van der Waals surface area contributed by atoms with Gasteiger partial charge in [0.1, 0.15) is 10.6 Å². The number of nitrogens with zero attached hydrogens (tertiary/aromatic N) is 4. The Morgan fingerprint density at radius 2 is 1.87 bits per heavy atom. The van der Waals surface area contributed by atoms with E-state index < -0.39 is 0 Å². The molecule has 0 aliphatic heterocycles. The third kappa shape index (κ3) is 4.44. The van der Waals surface area contributed by atoms with Crippen molar-refractivity contribution in [1.29, 1.82) is 0 Å². The van der Waals surface area contributed by atoms with Crippen molar-refractivity contribution >= 4 is 33.3 Å². The monoisotopic (exact) mass is 435 g/mol. The summed E-state index contributed by atoms with van der Waals surface area (Å²) in [5.74, 6) is 0.461. The van der Waals surface area contributed by atoms with Crippen LogP contribution in [-0.4, -0.2) is 25.2 Å². The van der Waals surface area contributed by atoms with Crippen LogP contribution in [0.25, 0.3) is 10.2 Å². The van der Waals surface area contributed by atoms with E-state index in [1.54, 1.807) is 16.9 Å². The highest BCUT2D eigenvalue weighted by Gasteiger charge is 2.13. The molecule has 0 saturated heterocycles. The number of nitrogens with one attached hydrogen (secondary N) is 1. The number of amides is 1. The van der Waals surface area contributed by atoms with Crippen molar-refractivity contribution < 1.29 is 4.79 Å². The van der Waals surface area contributed by atoms with E-state index >= 15 is 0 Å². The van der Waals surface area contributed by atoms with Gasteiger partial charge >= 0.3 is 0 Å². The Kier molecular flexibility index (Phi) is 5.99. The predicted octanol–water partition coefficient (Wildman–Crippen LogP) is 3.91. The first-order chi connectivity index (χ1) is 15.0. The molecule has 1 aromatic carbocycles. The lowest BCUT2D eigenvalue weighted by Crippen LogP contribution is -2.24. The molecule has 1 amide bonds. The molecule has 0 atom stereocenters. The number of benzene rings is 1. The number of carbonyl (C=O) groups is 1. The summed E-state index contributed by atoms with van der Waals surface area (Å²) in [5.41, 5.74) is 3.27. The summed E-state index contributed by atoms with van der Waals surface area (Å²) in [6, 6.07) is 10.1. The Morgan fingerprint density at radius 3 is 2.61 bits per heavy atom. The molecule has 3 aromatic heterocycles. The summed E-state index contributed by atoms with van der Waals surface area (Å²) in [5, 5.41) is 7.88. The van der Waals surface area contributed by atoms with Gasteiger partial charge in [-0.25, -0.2) is 9.67 Å². The maximum Gasteiger partial charge on any atom is 0.262 e. The minimum Gasteiger partial charge on any atom is -0.311 e. The first-order valence-corrected chi connectivity index (χ1v) is 11.1. The molecule has 0 unspecified atom stereocenters. The lowest BCUT2D eigenvalue weighted by Gasteiger charge is -2.10. The smallest absolute Gasteiger partial charge is 0.262 e. The fraction of sp³-hybridized carbons (Fsp3) is 0.304. The maximum atomic E-state index is 12.8. The fourth-order valence-corrected chi connectivity index (χ4v) is 4.46. The van der Waals surface area contributed by atoms with Crippen LogP contribution >= 0.6 is 11.3 Å². The van der Waals surface area contributed by atoms with Crippen LogP contribution in [0.5, 0.6) is 0 Å². The Labute approximate surface area is 184 Å². The molecule has 0 saturated carbocycles. The molecule has 1 N–H and O–H groups in total. The second kappa shape index (κ2) is 8.85. The third-order valence-electron chi connectivity index (χ3n) is 5.48. The van der Waals surface area contributed by atoms with E-state index in [0.29, 0.717) is 17.7 Å². The van der Waals surface area contributed by atoms with Crippen LogP contribution < -0.4 is 10.9 Å². The summed E-state index contributed by atoms with van der Waals surface area (Å²) < 4.78 is 3.27. The molecule has 0 bridgehead atoms. The van der Waals surface area contributed by atoms with E-state index in [1.165, 1.54) is 27.8 Å². The number of aromatic nitrogens is 4. The van der Waals surface area contributed by atoms with E-state index in [-0.39, 0.29) is 24.4 Å². The molecule has 8 heteroatoms. The van der Waals surface area contributed by atoms with Crippen LogP contribution in [0.4, 0.5) is 5.82 Å². The summed E-state index contributed by atoms with van der Waals surface area (Å²) >= 11 is 1.52. The zero-order valence-corrected chi connectivity index (χ0v) is 18.7. The zero-order chi connectivity index (χ0) is 22.0. The number of thiophene rings is 1. The molecule has 0 radical (unpaired) electrons. The van der Waals surface area contributed by atoms with E-state index in [4.69, 9.17) is 0 Å². The van der Waals surface area contributed by atoms with Crippen molar-refractivity contribution in [2.45, 2.75) is 46.7 Å². The van der Waals surface area contributed by atoms with Crippen molar-refractivity contribution in [3.05, 3.63) is 74.8 Å². The van der Waals surface area contributed by atoms with E-state index in [9.17, 15) is 9.59 Å². The topological polar surface area (TPSA) is 81.8 Å². The molecule has 31 heavy (non-hydrogen) atoms. The number of aryl methyl sites for hydroxylation is 4. The van der Waals surface area contributed by atoms with Gasteiger partial charge in [-0.3, -0.25) is 14.2 Å². The molecule has 0 aliphatic carbocycles. The van der Waals surface area contributed by atoms with Crippen molar-refractivity contribution in [3.8, 4) is 0 Å². The Morgan fingerprint density at radius 1 is 1.13 bits per heavy atom. The van der Waals surface area contributed by atoms with Gasteiger partial charge in [0.2, 0.25) is 5.91 Å². The second-order valence-electron chi connectivity index (χ2n) is 7.55. The van der Waals surface area contributed by atoms with E-state index in [0.717, 1.165) is 27.3 Å². The zero-order valence-electron chi connectivity index (χ0n) is 17.9. The number of anilines is 1. The molecule has 3 heterocycles. The highest BCUT2D eigenvalue weighted by Crippen LogP contribution is 2.25. The van der Waals surface area contributed by atoms with Gasteiger partial charge in [-0.2, -0.15) is 5.10 Å². The van der Waals surface area contributed by atoms with Crippen molar-refractivity contribution in [1.82, 2.24) is 19.3 Å². The predicted molar refractivity (Wildman–Crippen MR) is 124 cm³/mol. The number of hydrogen-bond donors (Lipinski definition) is 1. The average Bonchev–Trinajstić information content (AvgIpc) is 3.32. The van der Waals surface area contributed by atoms with Gasteiger partial charge in [0.15, 0.2) is 0 Å². The second-order valence-corrected chi connectivity index (χ2v) is 8.75. The lowest BCUT2D eigenvalue weighted by molar-refractivity contribution is -0.116. The van der Waals surface area contributed by atoms with E-state index in [2.05, 4.69) is 46.6 Å². The SMILES string of the molecule is CCc1ccc(Cn2nccc2NC(=O)CCn2cnc3sc(C)c(C)c3c2=O)cc1. The normalized spacial score (nSPS) is 11.2. The molecule has 0 aliphatic rings. The standard InChI is InChI=1S/C23H25N5O2S/c1-4-17-5-7-18(8-6-17)13-28-19(9-11-25-28)26-20(29)10-12-27-14-24-22-21(23(27)30)15(2)16(3)31-22/h5-9,11,14H,4,10,12-13H2,1-3H3,(H,26,29). The van der Waals surface area contributed by atoms with Crippen molar-refractivity contribution in [2.24, 2.45) is 0 Å². The van der Waals surface area contributed by atoms with Gasteiger partial charge in [0, 0.05) is 23.9 Å². The molecule has 7 nitrogen and oxygen atoms in total. The third-order valence-corrected chi connectivity index (χ3v) is 6.60. The highest BCUT2D eigenvalue weighted by molar-refractivity contribution is 7.18. The quantitative estimate of drug-likeness (QED) is 0.477. The number of rotatable bonds is 7. The average molecular weight is 436 g/mol. The van der Waals surface area contributed by atoms with Gasteiger partial charge in [-0.15, -0.1) is 11.3 Å². The summed E-state index contributed by atoms with van der Waals surface area (Å²) in [6.07, 6.45) is 4.36. The van der Waals surface area contributed by atoms with Crippen LogP contribution in [0.2, 0.25) is 0 Å². The first kappa shape index (κ1) is 21.0. The minimum absolute atomic E-state index is 0.0970. The van der Waals surface area contributed by atoms with Crippen molar-refractivity contribution in [2.75, 3.05) is 5.32 Å². The highest BCUT2D eigenvalue weighted by atomic mass is 32.1. The largest absolute Gasteiger partial charge is 0.311 e. The minimum atomic E-state index is -0.173. The Hall–Kier alpha value is -3.26. The van der Waals surface area contributed by atoms with Crippen LogP contribution in [0.3, 0.4) is 0 Å². The first-order valence-electron chi connectivity index (χ1n) is 10.3. The molecular formula is C23H25N5O2S. The van der Waals surface area contributed by atoms with Gasteiger partial charge in [0.05, 0.1) is 24.5 Å². The van der Waals surface area contributed by atoms with Crippen LogP contribution in [0.15, 0.2) is 47.7 Å². The number of fused-ring (bicyclic) bond motifs is 1. The van der Waals surface area contributed by atoms with Gasteiger partial charge in [-0.1, -0.05) is 31.2 Å². The number of hydrogen-bond acceptors (Lipinski definition) is 5. The molecule has 0 spiro atoms.